The Bertz CT molecular complexity index is 593. The molecule has 21 heavy (non-hydrogen) atoms. The van der Waals surface area contributed by atoms with Crippen molar-refractivity contribution in [1.29, 1.82) is 0 Å². The average molecular weight is 311 g/mol. The van der Waals surface area contributed by atoms with Gasteiger partial charge in [0, 0.05) is 18.1 Å². The summed E-state index contributed by atoms with van der Waals surface area (Å²) in [6, 6.07) is 7.18. The lowest BCUT2D eigenvalue weighted by Gasteiger charge is -2.33. The zero-order chi connectivity index (χ0) is 15.7. The van der Waals surface area contributed by atoms with Crippen molar-refractivity contribution in [3.05, 3.63) is 24.3 Å². The van der Waals surface area contributed by atoms with Gasteiger partial charge in [-0.25, -0.2) is 13.1 Å². The quantitative estimate of drug-likeness (QED) is 0.807. The molecule has 1 saturated carbocycles. The van der Waals surface area contributed by atoms with Crippen molar-refractivity contribution in [2.45, 2.75) is 43.2 Å². The summed E-state index contributed by atoms with van der Waals surface area (Å²) < 4.78 is 27.5. The van der Waals surface area contributed by atoms with Crippen LogP contribution in [-0.2, 0) is 10.0 Å². The first-order valence-electron chi connectivity index (χ1n) is 7.25. The first-order valence-corrected chi connectivity index (χ1v) is 8.73. The Morgan fingerprint density at radius 1 is 1.24 bits per heavy atom. The Morgan fingerprint density at radius 2 is 1.86 bits per heavy atom. The number of para-hydroxylation sites is 1. The highest BCUT2D eigenvalue weighted by Crippen LogP contribution is 2.26. The molecule has 0 bridgehead atoms. The van der Waals surface area contributed by atoms with E-state index in [4.69, 9.17) is 0 Å². The SMILES string of the molecule is CN(C)C(C)(C)CNc1ccccc1S(=O)(=O)NC1CC1. The van der Waals surface area contributed by atoms with Gasteiger partial charge in [0.05, 0.1) is 5.69 Å². The number of sulfonamides is 1. The zero-order valence-corrected chi connectivity index (χ0v) is 14.0. The molecule has 0 radical (unpaired) electrons. The molecule has 0 aliphatic heterocycles. The van der Waals surface area contributed by atoms with Gasteiger partial charge in [0.15, 0.2) is 0 Å². The third-order valence-electron chi connectivity index (χ3n) is 4.00. The van der Waals surface area contributed by atoms with Gasteiger partial charge in [0.1, 0.15) is 4.90 Å². The summed E-state index contributed by atoms with van der Waals surface area (Å²) in [4.78, 5) is 2.44. The highest BCUT2D eigenvalue weighted by atomic mass is 32.2. The molecular formula is C15H25N3O2S. The van der Waals surface area contributed by atoms with Crippen LogP contribution in [0.4, 0.5) is 5.69 Å². The summed E-state index contributed by atoms with van der Waals surface area (Å²) in [5, 5.41) is 3.27. The molecule has 0 aromatic heterocycles. The predicted octanol–water partition coefficient (Wildman–Crippen LogP) is 1.88. The maximum absolute atomic E-state index is 12.4. The monoisotopic (exact) mass is 311 g/mol. The molecule has 6 heteroatoms. The van der Waals surface area contributed by atoms with Crippen LogP contribution in [0.2, 0.25) is 0 Å². The number of anilines is 1. The summed E-state index contributed by atoms with van der Waals surface area (Å²) in [6.07, 6.45) is 1.87. The molecule has 2 N–H and O–H groups in total. The Hall–Kier alpha value is -1.11. The number of nitrogens with zero attached hydrogens (tertiary/aromatic N) is 1. The van der Waals surface area contributed by atoms with Crippen LogP contribution in [0.1, 0.15) is 26.7 Å². The molecule has 1 aromatic rings. The van der Waals surface area contributed by atoms with Gasteiger partial charge >= 0.3 is 0 Å². The first-order chi connectivity index (χ1) is 9.72. The molecule has 0 spiro atoms. The Labute approximate surface area is 127 Å². The lowest BCUT2D eigenvalue weighted by atomic mass is 10.0. The van der Waals surface area contributed by atoms with Crippen molar-refractivity contribution < 1.29 is 8.42 Å². The van der Waals surface area contributed by atoms with Crippen molar-refractivity contribution >= 4 is 15.7 Å². The van der Waals surface area contributed by atoms with E-state index in [1.54, 1.807) is 12.1 Å². The molecule has 1 aliphatic rings. The van der Waals surface area contributed by atoms with Gasteiger partial charge < -0.3 is 10.2 Å². The lowest BCUT2D eigenvalue weighted by Crippen LogP contribution is -2.44. The van der Waals surface area contributed by atoms with Crippen molar-refractivity contribution in [2.75, 3.05) is 26.0 Å². The van der Waals surface area contributed by atoms with E-state index in [1.807, 2.05) is 26.2 Å². The van der Waals surface area contributed by atoms with Crippen LogP contribution in [0.25, 0.3) is 0 Å². The van der Waals surface area contributed by atoms with Crippen molar-refractivity contribution in [1.82, 2.24) is 9.62 Å². The number of hydrogen-bond acceptors (Lipinski definition) is 4. The largest absolute Gasteiger partial charge is 0.382 e. The topological polar surface area (TPSA) is 61.4 Å². The molecule has 118 valence electrons. The fourth-order valence-corrected chi connectivity index (χ4v) is 3.29. The molecule has 1 fully saturated rings. The minimum atomic E-state index is -3.44. The van der Waals surface area contributed by atoms with E-state index in [0.29, 0.717) is 17.1 Å². The van der Waals surface area contributed by atoms with Crippen LogP contribution < -0.4 is 10.0 Å². The van der Waals surface area contributed by atoms with E-state index in [-0.39, 0.29) is 11.6 Å². The highest BCUT2D eigenvalue weighted by molar-refractivity contribution is 7.89. The second kappa shape index (κ2) is 5.94. The number of benzene rings is 1. The standard InChI is InChI=1S/C15H25N3O2S/c1-15(2,18(3)4)11-16-13-7-5-6-8-14(13)21(19,20)17-12-9-10-12/h5-8,12,16-17H,9-11H2,1-4H3. The molecule has 1 aromatic carbocycles. The highest BCUT2D eigenvalue weighted by Gasteiger charge is 2.29. The Morgan fingerprint density at radius 3 is 2.43 bits per heavy atom. The van der Waals surface area contributed by atoms with E-state index >= 15 is 0 Å². The van der Waals surface area contributed by atoms with Crippen molar-refractivity contribution in [3.8, 4) is 0 Å². The lowest BCUT2D eigenvalue weighted by molar-refractivity contribution is 0.210. The number of likely N-dealkylation sites (N-methyl/N-ethyl adjacent to an activating group) is 1. The van der Waals surface area contributed by atoms with Gasteiger partial charge in [-0.1, -0.05) is 12.1 Å². The number of hydrogen-bond donors (Lipinski definition) is 2. The first kappa shape index (κ1) is 16.3. The molecule has 5 nitrogen and oxygen atoms in total. The Balaban J connectivity index is 2.17. The molecule has 0 saturated heterocycles. The summed E-state index contributed by atoms with van der Waals surface area (Å²) in [5.74, 6) is 0. The van der Waals surface area contributed by atoms with Gasteiger partial charge in [0.2, 0.25) is 10.0 Å². The van der Waals surface area contributed by atoms with Crippen molar-refractivity contribution in [2.24, 2.45) is 0 Å². The number of rotatable bonds is 7. The fraction of sp³-hybridized carbons (Fsp3) is 0.600. The van der Waals surface area contributed by atoms with E-state index < -0.39 is 10.0 Å². The minimum absolute atomic E-state index is 0.0687. The number of nitrogens with one attached hydrogen (secondary N) is 2. The van der Waals surface area contributed by atoms with Gasteiger partial charge in [-0.05, 0) is 52.9 Å². The fourth-order valence-electron chi connectivity index (χ4n) is 1.80. The second-order valence-corrected chi connectivity index (χ2v) is 8.13. The van der Waals surface area contributed by atoms with E-state index in [2.05, 4.69) is 28.8 Å². The molecule has 0 amide bonds. The van der Waals surface area contributed by atoms with Gasteiger partial charge in [-0.15, -0.1) is 0 Å². The zero-order valence-electron chi connectivity index (χ0n) is 13.2. The molecule has 1 aliphatic carbocycles. The average Bonchev–Trinajstić information content (AvgIpc) is 3.20. The van der Waals surface area contributed by atoms with Crippen LogP contribution in [0.5, 0.6) is 0 Å². The van der Waals surface area contributed by atoms with Crippen LogP contribution in [0.15, 0.2) is 29.2 Å². The second-order valence-electron chi connectivity index (χ2n) is 6.45. The third-order valence-corrected chi connectivity index (χ3v) is 5.58. The summed E-state index contributed by atoms with van der Waals surface area (Å²) in [5.41, 5.74) is 0.585. The molecule has 0 unspecified atom stereocenters. The minimum Gasteiger partial charge on any atom is -0.382 e. The molecule has 0 heterocycles. The normalized spacial score (nSPS) is 16.2. The van der Waals surface area contributed by atoms with Crippen LogP contribution >= 0.6 is 0 Å². The van der Waals surface area contributed by atoms with E-state index in [1.165, 1.54) is 0 Å². The predicted molar refractivity (Wildman–Crippen MR) is 86.0 cm³/mol. The van der Waals surface area contributed by atoms with E-state index in [0.717, 1.165) is 12.8 Å². The third kappa shape index (κ3) is 4.18. The summed E-state index contributed by atoms with van der Waals surface area (Å²) in [7, 11) is 0.584. The van der Waals surface area contributed by atoms with Gasteiger partial charge in [0.25, 0.3) is 0 Å². The smallest absolute Gasteiger partial charge is 0.242 e. The van der Waals surface area contributed by atoms with Crippen LogP contribution in [0, 0.1) is 0 Å². The van der Waals surface area contributed by atoms with Gasteiger partial charge in [-0.3, -0.25) is 0 Å². The maximum atomic E-state index is 12.4. The molecule has 2 rings (SSSR count). The Kier molecular flexibility index (Phi) is 4.60. The maximum Gasteiger partial charge on any atom is 0.242 e. The summed E-state index contributed by atoms with van der Waals surface area (Å²) in [6.45, 7) is 4.88. The summed E-state index contributed by atoms with van der Waals surface area (Å²) >= 11 is 0. The van der Waals surface area contributed by atoms with Crippen molar-refractivity contribution in [3.63, 3.8) is 0 Å². The molecule has 0 atom stereocenters. The van der Waals surface area contributed by atoms with Crippen LogP contribution in [0.3, 0.4) is 0 Å². The van der Waals surface area contributed by atoms with Crippen LogP contribution in [-0.4, -0.2) is 45.5 Å². The van der Waals surface area contributed by atoms with E-state index in [9.17, 15) is 8.42 Å². The molecular weight excluding hydrogens is 286 g/mol. The van der Waals surface area contributed by atoms with Gasteiger partial charge in [-0.2, -0.15) is 0 Å².